The number of aryl methyl sites for hydroxylation is 1. The van der Waals surface area contributed by atoms with Gasteiger partial charge in [-0.15, -0.1) is 10.2 Å². The molecular formula is C24H24FN3O3. The van der Waals surface area contributed by atoms with Crippen molar-refractivity contribution in [3.63, 3.8) is 0 Å². The van der Waals surface area contributed by atoms with Gasteiger partial charge in [0, 0.05) is 24.6 Å². The average Bonchev–Trinajstić information content (AvgIpc) is 3.36. The average molecular weight is 421 g/mol. The normalized spacial score (nSPS) is 17.2. The molecule has 1 fully saturated rings. The second kappa shape index (κ2) is 6.99. The molecule has 2 heterocycles. The van der Waals surface area contributed by atoms with E-state index in [2.05, 4.69) is 10.2 Å². The fraction of sp³-hybridized carbons (Fsp3) is 0.375. The number of hydrogen-bond acceptors (Lipinski definition) is 5. The van der Waals surface area contributed by atoms with E-state index in [9.17, 15) is 9.90 Å². The van der Waals surface area contributed by atoms with E-state index in [0.29, 0.717) is 35.0 Å². The van der Waals surface area contributed by atoms with Crippen LogP contribution in [0.3, 0.4) is 0 Å². The van der Waals surface area contributed by atoms with E-state index < -0.39 is 11.4 Å². The Morgan fingerprint density at radius 2 is 1.77 bits per heavy atom. The summed E-state index contributed by atoms with van der Waals surface area (Å²) in [6.45, 7) is 5.58. The van der Waals surface area contributed by atoms with Crippen LogP contribution in [0, 0.1) is 18.7 Å². The zero-order valence-electron chi connectivity index (χ0n) is 17.7. The first kappa shape index (κ1) is 19.9. The van der Waals surface area contributed by atoms with Crippen molar-refractivity contribution in [3.05, 3.63) is 59.2 Å². The summed E-state index contributed by atoms with van der Waals surface area (Å²) >= 11 is 0. The molecule has 0 spiro atoms. The molecule has 1 aliphatic carbocycles. The van der Waals surface area contributed by atoms with Crippen LogP contribution < -0.4 is 0 Å². The second-order valence-corrected chi connectivity index (χ2v) is 9.03. The molecule has 0 radical (unpaired) electrons. The molecule has 2 aliphatic rings. The zero-order chi connectivity index (χ0) is 21.9. The largest absolute Gasteiger partial charge is 0.421 e. The molecule has 1 amide bonds. The highest BCUT2D eigenvalue weighted by atomic mass is 19.1. The number of carbonyl (C=O) groups is 1. The van der Waals surface area contributed by atoms with E-state index in [-0.39, 0.29) is 17.9 Å². The molecule has 2 aromatic carbocycles. The smallest absolute Gasteiger partial charge is 0.255 e. The lowest BCUT2D eigenvalue weighted by Crippen LogP contribution is -2.51. The molecule has 1 N–H and O–H groups in total. The highest BCUT2D eigenvalue weighted by Gasteiger charge is 2.48. The molecule has 0 bridgehead atoms. The number of rotatable bonds is 5. The van der Waals surface area contributed by atoms with Crippen molar-refractivity contribution >= 4 is 5.91 Å². The van der Waals surface area contributed by atoms with Gasteiger partial charge in [-0.05, 0) is 61.9 Å². The molecule has 6 nitrogen and oxygen atoms in total. The molecule has 0 unspecified atom stereocenters. The first-order valence-electron chi connectivity index (χ1n) is 10.5. The number of aromatic nitrogens is 2. The maximum absolute atomic E-state index is 15.0. The Hall–Kier alpha value is -3.06. The highest BCUT2D eigenvalue weighted by Crippen LogP contribution is 2.44. The van der Waals surface area contributed by atoms with Gasteiger partial charge in [0.2, 0.25) is 11.8 Å². The van der Waals surface area contributed by atoms with Gasteiger partial charge in [-0.1, -0.05) is 18.2 Å². The van der Waals surface area contributed by atoms with Gasteiger partial charge in [0.15, 0.2) is 0 Å². The summed E-state index contributed by atoms with van der Waals surface area (Å²) in [5, 5.41) is 18.6. The van der Waals surface area contributed by atoms with Gasteiger partial charge in [-0.25, -0.2) is 4.39 Å². The quantitative estimate of drug-likeness (QED) is 0.662. The Balaban J connectivity index is 1.53. The third-order valence-electron chi connectivity index (χ3n) is 6.13. The Bertz CT molecular complexity index is 1160. The first-order valence-corrected chi connectivity index (χ1v) is 10.5. The van der Waals surface area contributed by atoms with Gasteiger partial charge >= 0.3 is 0 Å². The molecule has 1 aromatic heterocycles. The van der Waals surface area contributed by atoms with Crippen molar-refractivity contribution in [2.24, 2.45) is 5.92 Å². The number of carbonyl (C=O) groups excluding carboxylic acids is 1. The van der Waals surface area contributed by atoms with Gasteiger partial charge in [0.25, 0.3) is 5.91 Å². The Labute approximate surface area is 179 Å². The van der Waals surface area contributed by atoms with E-state index in [1.54, 1.807) is 56.0 Å². The maximum Gasteiger partial charge on any atom is 0.255 e. The predicted molar refractivity (Wildman–Crippen MR) is 113 cm³/mol. The summed E-state index contributed by atoms with van der Waals surface area (Å²) in [5.41, 5.74) is 1.77. The summed E-state index contributed by atoms with van der Waals surface area (Å²) < 4.78 is 20.5. The molecule has 1 atom stereocenters. The van der Waals surface area contributed by atoms with Crippen LogP contribution in [-0.4, -0.2) is 37.8 Å². The zero-order valence-corrected chi connectivity index (χ0v) is 17.7. The van der Waals surface area contributed by atoms with Crippen LogP contribution in [0.1, 0.15) is 48.5 Å². The summed E-state index contributed by atoms with van der Waals surface area (Å²) in [6.07, 6.45) is 1.99. The van der Waals surface area contributed by atoms with Crippen molar-refractivity contribution < 1.29 is 18.7 Å². The second-order valence-electron chi connectivity index (χ2n) is 9.03. The summed E-state index contributed by atoms with van der Waals surface area (Å²) in [7, 11) is 0. The number of aliphatic hydroxyl groups is 1. The van der Waals surface area contributed by atoms with Gasteiger partial charge in [-0.2, -0.15) is 0 Å². The van der Waals surface area contributed by atoms with Crippen LogP contribution in [0.4, 0.5) is 4.39 Å². The summed E-state index contributed by atoms with van der Waals surface area (Å²) in [4.78, 5) is 15.2. The minimum absolute atomic E-state index is 0.222. The van der Waals surface area contributed by atoms with E-state index in [1.165, 1.54) is 6.07 Å². The van der Waals surface area contributed by atoms with Crippen molar-refractivity contribution in [1.82, 2.24) is 15.1 Å². The Morgan fingerprint density at radius 3 is 2.35 bits per heavy atom. The van der Waals surface area contributed by atoms with Gasteiger partial charge in [0.1, 0.15) is 5.82 Å². The molecule has 1 aliphatic heterocycles. The van der Waals surface area contributed by atoms with Crippen molar-refractivity contribution in [3.8, 4) is 22.6 Å². The fourth-order valence-corrected chi connectivity index (χ4v) is 4.72. The van der Waals surface area contributed by atoms with Crippen LogP contribution in [-0.2, 0) is 6.54 Å². The van der Waals surface area contributed by atoms with Gasteiger partial charge < -0.3 is 14.4 Å². The van der Waals surface area contributed by atoms with E-state index in [1.807, 2.05) is 0 Å². The molecule has 7 heteroatoms. The van der Waals surface area contributed by atoms with Crippen molar-refractivity contribution in [1.29, 1.82) is 0 Å². The lowest BCUT2D eigenvalue weighted by molar-refractivity contribution is -0.0224. The molecule has 0 saturated heterocycles. The van der Waals surface area contributed by atoms with Crippen LogP contribution >= 0.6 is 0 Å². The van der Waals surface area contributed by atoms with Crippen molar-refractivity contribution in [2.75, 3.05) is 0 Å². The predicted octanol–water partition coefficient (Wildman–Crippen LogP) is 4.36. The third kappa shape index (κ3) is 3.43. The topological polar surface area (TPSA) is 79.5 Å². The molecule has 5 rings (SSSR count). The highest BCUT2D eigenvalue weighted by molar-refractivity contribution is 6.05. The van der Waals surface area contributed by atoms with Crippen LogP contribution in [0.2, 0.25) is 0 Å². The Morgan fingerprint density at radius 1 is 1.10 bits per heavy atom. The number of fused-ring (bicyclic) bond motifs is 1. The fourth-order valence-electron chi connectivity index (χ4n) is 4.72. The van der Waals surface area contributed by atoms with Crippen LogP contribution in [0.25, 0.3) is 22.6 Å². The number of nitrogens with zero attached hydrogens (tertiary/aromatic N) is 3. The number of halogens is 1. The first-order chi connectivity index (χ1) is 14.7. The van der Waals surface area contributed by atoms with E-state index in [0.717, 1.165) is 24.0 Å². The third-order valence-corrected chi connectivity index (χ3v) is 6.13. The van der Waals surface area contributed by atoms with E-state index >= 15 is 4.39 Å². The summed E-state index contributed by atoms with van der Waals surface area (Å²) in [6, 6.07) is 9.89. The number of hydrogen-bond donors (Lipinski definition) is 1. The van der Waals surface area contributed by atoms with Crippen LogP contribution in [0.15, 0.2) is 40.8 Å². The van der Waals surface area contributed by atoms with Gasteiger partial charge in [0.05, 0.1) is 17.2 Å². The number of benzene rings is 2. The lowest BCUT2D eigenvalue weighted by atomic mass is 9.92. The Kier molecular flexibility index (Phi) is 4.48. The van der Waals surface area contributed by atoms with Crippen molar-refractivity contribution in [2.45, 2.75) is 51.8 Å². The molecular weight excluding hydrogens is 397 g/mol. The number of amides is 1. The molecule has 3 aromatic rings. The standard InChI is InChI=1S/C24H24FN3O3/c1-13-26-27-22(31-13)16-8-4-14(5-9-16)19-18(25)11-10-17-12-28(23(29)20(17)19)21(15-6-7-15)24(2,3)30/h4-5,8-11,15,21,30H,6-7,12H2,1-3H3/t21-/m1/s1. The monoisotopic (exact) mass is 421 g/mol. The summed E-state index contributed by atoms with van der Waals surface area (Å²) in [5.74, 6) is 0.474. The van der Waals surface area contributed by atoms with Crippen LogP contribution in [0.5, 0.6) is 0 Å². The molecule has 1 saturated carbocycles. The van der Waals surface area contributed by atoms with Gasteiger partial charge in [-0.3, -0.25) is 4.79 Å². The lowest BCUT2D eigenvalue weighted by Gasteiger charge is -2.37. The molecule has 31 heavy (non-hydrogen) atoms. The SMILES string of the molecule is Cc1nnc(-c2ccc(-c3c(F)ccc4c3C(=O)N([C@H](C3CC3)C(C)(C)O)C4)cc2)o1. The minimum Gasteiger partial charge on any atom is -0.421 e. The molecule has 160 valence electrons. The minimum atomic E-state index is -1.03. The maximum atomic E-state index is 15.0. The van der Waals surface area contributed by atoms with E-state index in [4.69, 9.17) is 4.42 Å².